The minimum atomic E-state index is 0.133. The number of unbranched alkanes of at least 4 members (excludes halogenated alkanes) is 1. The van der Waals surface area contributed by atoms with Crippen LogP contribution in [0.3, 0.4) is 0 Å². The topological polar surface area (TPSA) is 76.4 Å². The fourth-order valence-corrected chi connectivity index (χ4v) is 10.8. The molecule has 1 amide bonds. The predicted molar refractivity (Wildman–Crippen MR) is 176 cm³/mol. The summed E-state index contributed by atoms with van der Waals surface area (Å²) in [6.07, 6.45) is 20.8. The van der Waals surface area contributed by atoms with Gasteiger partial charge >= 0.3 is 0 Å². The molecule has 244 valence electrons. The first-order valence-electron chi connectivity index (χ1n) is 18.5. The van der Waals surface area contributed by atoms with E-state index < -0.39 is 0 Å². The Morgan fingerprint density at radius 1 is 0.857 bits per heavy atom. The Hall–Kier alpha value is -0.650. The van der Waals surface area contributed by atoms with E-state index in [4.69, 9.17) is 10.5 Å². The van der Waals surface area contributed by atoms with Gasteiger partial charge in [0.2, 0.25) is 5.91 Å². The van der Waals surface area contributed by atoms with E-state index in [9.17, 15) is 4.79 Å². The molecular formula is C37H69N3O2. The van der Waals surface area contributed by atoms with Crippen LogP contribution in [0.25, 0.3) is 0 Å². The lowest BCUT2D eigenvalue weighted by molar-refractivity contribution is -0.138. The molecule has 4 N–H and O–H groups in total. The summed E-state index contributed by atoms with van der Waals surface area (Å²) in [6.45, 7) is 16.8. The van der Waals surface area contributed by atoms with Crippen molar-refractivity contribution in [2.75, 3.05) is 32.8 Å². The van der Waals surface area contributed by atoms with Crippen molar-refractivity contribution in [1.29, 1.82) is 0 Å². The number of carbonyl (C=O) groups excluding carboxylic acids is 1. The zero-order valence-electron chi connectivity index (χ0n) is 28.4. The molecule has 4 fully saturated rings. The minimum Gasteiger partial charge on any atom is -0.378 e. The molecule has 0 saturated heterocycles. The van der Waals surface area contributed by atoms with Gasteiger partial charge in [-0.2, -0.15) is 0 Å². The number of nitrogens with one attached hydrogen (secondary N) is 2. The maximum Gasteiger partial charge on any atom is 0.222 e. The van der Waals surface area contributed by atoms with Gasteiger partial charge in [0.25, 0.3) is 0 Å². The highest BCUT2D eigenvalue weighted by Gasteiger charge is 2.60. The van der Waals surface area contributed by atoms with Gasteiger partial charge in [-0.05, 0) is 149 Å². The van der Waals surface area contributed by atoms with Gasteiger partial charge in [-0.1, -0.05) is 53.9 Å². The van der Waals surface area contributed by atoms with Crippen molar-refractivity contribution in [3.63, 3.8) is 0 Å². The molecule has 0 radical (unpaired) electrons. The molecule has 4 saturated carbocycles. The average Bonchev–Trinajstić information content (AvgIpc) is 3.31. The first kappa shape index (κ1) is 34.2. The molecule has 0 aromatic heterocycles. The second-order valence-electron chi connectivity index (χ2n) is 16.2. The Balaban J connectivity index is 1.18. The molecule has 0 spiro atoms. The molecule has 5 nitrogen and oxygen atoms in total. The van der Waals surface area contributed by atoms with E-state index in [0.717, 1.165) is 86.9 Å². The van der Waals surface area contributed by atoms with Crippen molar-refractivity contribution in [2.24, 2.45) is 58.0 Å². The van der Waals surface area contributed by atoms with Gasteiger partial charge < -0.3 is 21.1 Å². The Kier molecular flexibility index (Phi) is 13.1. The fraction of sp³-hybridized carbons (Fsp3) is 0.973. The van der Waals surface area contributed by atoms with E-state index in [-0.39, 0.29) is 5.91 Å². The Labute approximate surface area is 260 Å². The summed E-state index contributed by atoms with van der Waals surface area (Å²) in [5, 5.41) is 6.49. The van der Waals surface area contributed by atoms with Crippen LogP contribution in [-0.2, 0) is 9.53 Å². The molecule has 0 unspecified atom stereocenters. The third-order valence-corrected chi connectivity index (χ3v) is 13.2. The Morgan fingerprint density at radius 3 is 2.40 bits per heavy atom. The van der Waals surface area contributed by atoms with Gasteiger partial charge in [-0.25, -0.2) is 0 Å². The Bertz CT molecular complexity index is 819. The SMILES string of the molecule is CC(C)CCC[C@@H](C)[C@H]1CC[C@H]2[C@@H]3CC[C@H]4C[C@@H](OCCC(=O)NCCCNCCCCN)CC[C@]4(C)[C@H]3CC[C@]12C. The predicted octanol–water partition coefficient (Wildman–Crippen LogP) is 7.72. The summed E-state index contributed by atoms with van der Waals surface area (Å²) in [7, 11) is 0. The highest BCUT2D eigenvalue weighted by molar-refractivity contribution is 5.75. The number of amides is 1. The van der Waals surface area contributed by atoms with E-state index in [1.54, 1.807) is 0 Å². The van der Waals surface area contributed by atoms with Crippen LogP contribution in [0.5, 0.6) is 0 Å². The van der Waals surface area contributed by atoms with Crippen LogP contribution in [0.15, 0.2) is 0 Å². The number of hydrogen-bond acceptors (Lipinski definition) is 4. The molecule has 42 heavy (non-hydrogen) atoms. The van der Waals surface area contributed by atoms with Crippen molar-refractivity contribution in [3.05, 3.63) is 0 Å². The monoisotopic (exact) mass is 588 g/mol. The highest BCUT2D eigenvalue weighted by atomic mass is 16.5. The second-order valence-corrected chi connectivity index (χ2v) is 16.2. The third-order valence-electron chi connectivity index (χ3n) is 13.2. The van der Waals surface area contributed by atoms with E-state index in [2.05, 4.69) is 45.3 Å². The highest BCUT2D eigenvalue weighted by Crippen LogP contribution is 2.68. The number of rotatable bonds is 17. The van der Waals surface area contributed by atoms with Gasteiger partial charge in [-0.15, -0.1) is 0 Å². The van der Waals surface area contributed by atoms with Crippen LogP contribution < -0.4 is 16.4 Å². The molecule has 0 aliphatic heterocycles. The summed E-state index contributed by atoms with van der Waals surface area (Å²) >= 11 is 0. The third kappa shape index (κ3) is 8.33. The summed E-state index contributed by atoms with van der Waals surface area (Å²) in [4.78, 5) is 12.3. The van der Waals surface area contributed by atoms with Gasteiger partial charge in [0.15, 0.2) is 0 Å². The van der Waals surface area contributed by atoms with Crippen molar-refractivity contribution in [3.8, 4) is 0 Å². The normalized spacial score (nSPS) is 36.7. The zero-order chi connectivity index (χ0) is 30.2. The molecule has 5 heteroatoms. The first-order chi connectivity index (χ1) is 20.2. The molecule has 0 aromatic carbocycles. The lowest BCUT2D eigenvalue weighted by atomic mass is 9.44. The summed E-state index contributed by atoms with van der Waals surface area (Å²) in [5.41, 5.74) is 6.62. The molecular weight excluding hydrogens is 518 g/mol. The van der Waals surface area contributed by atoms with Crippen LogP contribution >= 0.6 is 0 Å². The van der Waals surface area contributed by atoms with Gasteiger partial charge in [0, 0.05) is 13.0 Å². The van der Waals surface area contributed by atoms with E-state index >= 15 is 0 Å². The van der Waals surface area contributed by atoms with E-state index in [1.165, 1.54) is 77.0 Å². The van der Waals surface area contributed by atoms with Crippen LogP contribution in [0.1, 0.15) is 137 Å². The molecule has 0 bridgehead atoms. The first-order valence-corrected chi connectivity index (χ1v) is 18.5. The number of fused-ring (bicyclic) bond motifs is 5. The molecule has 4 aliphatic carbocycles. The molecule has 0 heterocycles. The zero-order valence-corrected chi connectivity index (χ0v) is 28.4. The summed E-state index contributed by atoms with van der Waals surface area (Å²) in [6, 6.07) is 0. The minimum absolute atomic E-state index is 0.133. The fourth-order valence-electron chi connectivity index (χ4n) is 10.8. The van der Waals surface area contributed by atoms with Crippen LogP contribution in [-0.4, -0.2) is 44.8 Å². The molecule has 4 aliphatic rings. The number of hydrogen-bond donors (Lipinski definition) is 3. The maximum absolute atomic E-state index is 12.3. The smallest absolute Gasteiger partial charge is 0.222 e. The molecule has 0 aromatic rings. The molecule has 9 atom stereocenters. The number of ether oxygens (including phenoxy) is 1. The van der Waals surface area contributed by atoms with Crippen molar-refractivity contribution in [1.82, 2.24) is 10.6 Å². The quantitative estimate of drug-likeness (QED) is 0.152. The number of carbonyl (C=O) groups is 1. The standard InChI is InChI=1S/C37H69N3O2/c1-27(2)10-8-11-28(3)32-14-15-33-31-13-12-29-26-30(16-19-36(29,4)34(31)17-20-37(32,33)5)42-25-18-35(41)40-24-9-23-39-22-7-6-21-38/h27-34,39H,6-26,38H2,1-5H3,(H,40,41)/t28-,29+,30+,31+,32-,33+,34+,36+,37-/m1/s1. The van der Waals surface area contributed by atoms with Gasteiger partial charge in [0.1, 0.15) is 0 Å². The summed E-state index contributed by atoms with van der Waals surface area (Å²) in [5.74, 6) is 6.47. The van der Waals surface area contributed by atoms with Crippen molar-refractivity contribution in [2.45, 2.75) is 143 Å². The van der Waals surface area contributed by atoms with Crippen LogP contribution in [0, 0.1) is 52.3 Å². The Morgan fingerprint density at radius 2 is 1.62 bits per heavy atom. The number of nitrogens with two attached hydrogens (primary N) is 1. The molecule has 4 rings (SSSR count). The van der Waals surface area contributed by atoms with Gasteiger partial charge in [0.05, 0.1) is 12.7 Å². The van der Waals surface area contributed by atoms with Crippen LogP contribution in [0.2, 0.25) is 0 Å². The summed E-state index contributed by atoms with van der Waals surface area (Å²) < 4.78 is 6.36. The lowest BCUT2D eigenvalue weighted by Gasteiger charge is -2.61. The lowest BCUT2D eigenvalue weighted by Crippen LogP contribution is -2.54. The van der Waals surface area contributed by atoms with Crippen LogP contribution in [0.4, 0.5) is 0 Å². The average molecular weight is 588 g/mol. The van der Waals surface area contributed by atoms with E-state index in [1.807, 2.05) is 0 Å². The van der Waals surface area contributed by atoms with E-state index in [0.29, 0.717) is 30.0 Å². The van der Waals surface area contributed by atoms with Crippen molar-refractivity contribution < 1.29 is 9.53 Å². The van der Waals surface area contributed by atoms with Crippen molar-refractivity contribution >= 4 is 5.91 Å². The van der Waals surface area contributed by atoms with Gasteiger partial charge in [-0.3, -0.25) is 4.79 Å². The second kappa shape index (κ2) is 16.1. The largest absolute Gasteiger partial charge is 0.378 e. The maximum atomic E-state index is 12.3.